The minimum Gasteiger partial charge on any atom is -0.484 e. The number of nitro groups is 1. The van der Waals surface area contributed by atoms with Gasteiger partial charge in [0.05, 0.1) is 10.5 Å². The van der Waals surface area contributed by atoms with Crippen molar-refractivity contribution in [2.75, 3.05) is 6.61 Å². The van der Waals surface area contributed by atoms with Crippen LogP contribution in [0.1, 0.15) is 38.2 Å². The molecule has 2 rings (SSSR count). The number of hydrogen-bond acceptors (Lipinski definition) is 4. The smallest absolute Gasteiger partial charge is 0.311 e. The molecule has 0 unspecified atom stereocenters. The van der Waals surface area contributed by atoms with Crippen LogP contribution in [0.2, 0.25) is 0 Å². The van der Waals surface area contributed by atoms with E-state index in [1.807, 2.05) is 13.0 Å². The molecule has 1 aliphatic rings. The first-order valence-electron chi connectivity index (χ1n) is 6.66. The van der Waals surface area contributed by atoms with Crippen LogP contribution in [-0.2, 0) is 6.42 Å². The zero-order valence-corrected chi connectivity index (χ0v) is 11.1. The van der Waals surface area contributed by atoms with Gasteiger partial charge in [0.25, 0.3) is 0 Å². The molecule has 0 heterocycles. The van der Waals surface area contributed by atoms with E-state index in [9.17, 15) is 15.2 Å². The van der Waals surface area contributed by atoms with E-state index in [1.54, 1.807) is 6.07 Å². The zero-order chi connectivity index (χ0) is 13.9. The van der Waals surface area contributed by atoms with Crippen LogP contribution in [0.4, 0.5) is 5.69 Å². The van der Waals surface area contributed by atoms with Gasteiger partial charge in [-0.05, 0) is 30.9 Å². The molecular weight excluding hydrogens is 246 g/mol. The Morgan fingerprint density at radius 2 is 2.11 bits per heavy atom. The summed E-state index contributed by atoms with van der Waals surface area (Å²) >= 11 is 0. The Balaban J connectivity index is 2.13. The van der Waals surface area contributed by atoms with E-state index in [-0.39, 0.29) is 18.0 Å². The van der Waals surface area contributed by atoms with Crippen molar-refractivity contribution in [1.29, 1.82) is 0 Å². The highest BCUT2D eigenvalue weighted by Crippen LogP contribution is 2.33. The van der Waals surface area contributed by atoms with Crippen molar-refractivity contribution >= 4 is 5.69 Å². The van der Waals surface area contributed by atoms with Gasteiger partial charge in [0.2, 0.25) is 0 Å². The number of ether oxygens (including phenoxy) is 1. The lowest BCUT2D eigenvalue weighted by atomic mass is 10.0. The average Bonchev–Trinajstić information content (AvgIpc) is 2.83. The molecule has 0 aromatic heterocycles. The van der Waals surface area contributed by atoms with Gasteiger partial charge in [-0.15, -0.1) is 0 Å². The van der Waals surface area contributed by atoms with E-state index in [0.717, 1.165) is 24.8 Å². The molecule has 0 spiro atoms. The number of aryl methyl sites for hydroxylation is 1. The molecule has 0 radical (unpaired) electrons. The molecule has 1 aliphatic carbocycles. The van der Waals surface area contributed by atoms with Crippen LogP contribution in [-0.4, -0.2) is 22.2 Å². The largest absolute Gasteiger partial charge is 0.484 e. The number of hydrogen-bond donors (Lipinski definition) is 1. The number of aliphatic hydroxyl groups is 1. The second-order valence-corrected chi connectivity index (χ2v) is 5.13. The molecule has 0 atom stereocenters. The SMILES string of the molecule is CCc1ccc(OCC2(O)CCCC2)c([N+](=O)[O-])c1. The molecule has 0 amide bonds. The topological polar surface area (TPSA) is 72.6 Å². The molecular formula is C14H19NO4. The van der Waals surface area contributed by atoms with Crippen molar-refractivity contribution in [2.24, 2.45) is 0 Å². The lowest BCUT2D eigenvalue weighted by Crippen LogP contribution is -2.32. The molecule has 0 saturated heterocycles. The molecule has 1 aromatic rings. The van der Waals surface area contributed by atoms with Gasteiger partial charge in [-0.3, -0.25) is 10.1 Å². The number of benzene rings is 1. The molecule has 1 aromatic carbocycles. The fraction of sp³-hybridized carbons (Fsp3) is 0.571. The third kappa shape index (κ3) is 3.23. The van der Waals surface area contributed by atoms with Crippen molar-refractivity contribution in [2.45, 2.75) is 44.6 Å². The maximum absolute atomic E-state index is 11.0. The standard InChI is InChI=1S/C14H19NO4/c1-2-11-5-6-13(12(9-11)15(17)18)19-10-14(16)7-3-4-8-14/h5-6,9,16H,2-4,7-8,10H2,1H3. The van der Waals surface area contributed by atoms with E-state index < -0.39 is 10.5 Å². The third-order valence-electron chi connectivity index (χ3n) is 3.66. The second-order valence-electron chi connectivity index (χ2n) is 5.13. The highest BCUT2D eigenvalue weighted by Gasteiger charge is 2.32. The van der Waals surface area contributed by atoms with Crippen molar-refractivity contribution < 1.29 is 14.8 Å². The van der Waals surface area contributed by atoms with Gasteiger partial charge in [-0.25, -0.2) is 0 Å². The monoisotopic (exact) mass is 265 g/mol. The van der Waals surface area contributed by atoms with Gasteiger partial charge < -0.3 is 9.84 Å². The van der Waals surface area contributed by atoms with E-state index in [2.05, 4.69) is 0 Å². The van der Waals surface area contributed by atoms with Crippen LogP contribution in [0.15, 0.2) is 18.2 Å². The summed E-state index contributed by atoms with van der Waals surface area (Å²) < 4.78 is 5.49. The normalized spacial score (nSPS) is 17.4. The number of nitrogens with zero attached hydrogens (tertiary/aromatic N) is 1. The highest BCUT2D eigenvalue weighted by molar-refractivity contribution is 5.48. The summed E-state index contributed by atoms with van der Waals surface area (Å²) in [7, 11) is 0. The van der Waals surface area contributed by atoms with Crippen LogP contribution in [0.5, 0.6) is 5.75 Å². The van der Waals surface area contributed by atoms with Crippen LogP contribution in [0, 0.1) is 10.1 Å². The van der Waals surface area contributed by atoms with Crippen molar-refractivity contribution in [3.05, 3.63) is 33.9 Å². The van der Waals surface area contributed by atoms with Gasteiger partial charge in [-0.1, -0.05) is 25.8 Å². The molecule has 0 bridgehead atoms. The Labute approximate surface area is 112 Å². The molecule has 19 heavy (non-hydrogen) atoms. The Hall–Kier alpha value is -1.62. The predicted octanol–water partition coefficient (Wildman–Crippen LogP) is 2.84. The summed E-state index contributed by atoms with van der Waals surface area (Å²) in [5, 5.41) is 21.2. The van der Waals surface area contributed by atoms with Crippen LogP contribution in [0.3, 0.4) is 0 Å². The Morgan fingerprint density at radius 3 is 2.68 bits per heavy atom. The Kier molecular flexibility index (Phi) is 4.04. The molecule has 5 nitrogen and oxygen atoms in total. The summed E-state index contributed by atoms with van der Waals surface area (Å²) in [5.41, 5.74) is 0.0525. The fourth-order valence-electron chi connectivity index (χ4n) is 2.44. The molecule has 5 heteroatoms. The quantitative estimate of drug-likeness (QED) is 0.656. The maximum atomic E-state index is 11.0. The molecule has 1 N–H and O–H groups in total. The lowest BCUT2D eigenvalue weighted by molar-refractivity contribution is -0.386. The lowest BCUT2D eigenvalue weighted by Gasteiger charge is -2.22. The van der Waals surface area contributed by atoms with Gasteiger partial charge in [0, 0.05) is 6.07 Å². The number of rotatable bonds is 5. The minimum absolute atomic E-state index is 0.0269. The summed E-state index contributed by atoms with van der Waals surface area (Å²) in [6.07, 6.45) is 4.11. The van der Waals surface area contributed by atoms with Crippen molar-refractivity contribution in [1.82, 2.24) is 0 Å². The zero-order valence-electron chi connectivity index (χ0n) is 11.1. The molecule has 1 saturated carbocycles. The Morgan fingerprint density at radius 1 is 1.42 bits per heavy atom. The van der Waals surface area contributed by atoms with Crippen molar-refractivity contribution in [3.63, 3.8) is 0 Å². The first-order chi connectivity index (χ1) is 9.04. The maximum Gasteiger partial charge on any atom is 0.311 e. The molecule has 104 valence electrons. The van der Waals surface area contributed by atoms with Gasteiger partial charge >= 0.3 is 5.69 Å². The van der Waals surface area contributed by atoms with E-state index in [1.165, 1.54) is 6.07 Å². The van der Waals surface area contributed by atoms with E-state index >= 15 is 0 Å². The molecule has 1 fully saturated rings. The minimum atomic E-state index is -0.822. The third-order valence-corrected chi connectivity index (χ3v) is 3.66. The highest BCUT2D eigenvalue weighted by atomic mass is 16.6. The first kappa shape index (κ1) is 13.8. The summed E-state index contributed by atoms with van der Waals surface area (Å²) in [4.78, 5) is 10.6. The fourth-order valence-corrected chi connectivity index (χ4v) is 2.44. The first-order valence-corrected chi connectivity index (χ1v) is 6.66. The average molecular weight is 265 g/mol. The number of nitro benzene ring substituents is 1. The Bertz CT molecular complexity index is 467. The van der Waals surface area contributed by atoms with Crippen LogP contribution >= 0.6 is 0 Å². The van der Waals surface area contributed by atoms with E-state index in [0.29, 0.717) is 12.8 Å². The van der Waals surface area contributed by atoms with E-state index in [4.69, 9.17) is 4.74 Å². The van der Waals surface area contributed by atoms with Gasteiger partial charge in [0.1, 0.15) is 6.61 Å². The van der Waals surface area contributed by atoms with Gasteiger partial charge in [-0.2, -0.15) is 0 Å². The van der Waals surface area contributed by atoms with Gasteiger partial charge in [0.15, 0.2) is 5.75 Å². The summed E-state index contributed by atoms with van der Waals surface area (Å²) in [6, 6.07) is 4.98. The summed E-state index contributed by atoms with van der Waals surface area (Å²) in [6.45, 7) is 2.07. The van der Waals surface area contributed by atoms with Crippen LogP contribution in [0.25, 0.3) is 0 Å². The predicted molar refractivity (Wildman–Crippen MR) is 71.4 cm³/mol. The molecule has 0 aliphatic heterocycles. The summed E-state index contributed by atoms with van der Waals surface area (Å²) in [5.74, 6) is 0.238. The van der Waals surface area contributed by atoms with Crippen LogP contribution < -0.4 is 4.74 Å². The van der Waals surface area contributed by atoms with Crippen molar-refractivity contribution in [3.8, 4) is 5.75 Å². The second kappa shape index (κ2) is 5.57.